The molecule has 0 aromatic rings. The van der Waals surface area contributed by atoms with Crippen LogP contribution in [0.25, 0.3) is 0 Å². The van der Waals surface area contributed by atoms with Crippen LogP contribution in [0.3, 0.4) is 0 Å². The average Bonchev–Trinajstić information content (AvgIpc) is 0.796. The van der Waals surface area contributed by atoms with Gasteiger partial charge in [-0.15, -0.1) is 0 Å². The number of rotatable bonds is 59. The summed E-state index contributed by atoms with van der Waals surface area (Å²) in [7, 11) is 0. The number of hydrogen-bond donors (Lipinski definition) is 10. The number of hydrogen-bond acceptors (Lipinski definition) is 36. The van der Waals surface area contributed by atoms with Gasteiger partial charge in [-0.2, -0.15) is 0 Å². The number of aldehydes is 1. The molecule has 0 bridgehead atoms. The molecular formula is C79H129N11O33. The Bertz CT molecular complexity index is 3410. The number of nitrogens with one attached hydrogen (secondary N) is 9. The SMILES string of the molecule is CC(=O)NC1C(OCCCCCC(=O)NCCCNC(=O)CN(C(C=O)NCCCNC(=O)CCCCCOC2OC(COC(C)=O)C(OC(C)=O)C(OC(C)=O)C2NC(C)=O)C(CCCCN)C(=O)NCCCNC(=O)CCCCCOC2OC(COC(C)=O)C(OC(C)=O)C(OC(C)=O)C2NC(C)=O)OC(COC(C)=O)C(OC(C)=O)C1OC(C)=O. The van der Waals surface area contributed by atoms with E-state index in [1.54, 1.807) is 0 Å². The van der Waals surface area contributed by atoms with E-state index in [1.807, 2.05) is 0 Å². The monoisotopic (exact) mass is 1760 g/mol. The van der Waals surface area contributed by atoms with Crippen LogP contribution in [0, 0.1) is 0 Å². The molecule has 0 saturated carbocycles. The van der Waals surface area contributed by atoms with E-state index < -0.39 is 214 Å². The topological polar surface area (TPSA) is 583 Å². The van der Waals surface area contributed by atoms with Gasteiger partial charge >= 0.3 is 53.7 Å². The molecule has 11 N–H and O–H groups in total. The molecule has 0 spiro atoms. The van der Waals surface area contributed by atoms with Gasteiger partial charge in [0.1, 0.15) is 62.4 Å². The fraction of sp³-hybridized carbons (Fsp3) is 0.772. The third-order valence-corrected chi connectivity index (χ3v) is 18.7. The molecule has 0 radical (unpaired) electrons. The summed E-state index contributed by atoms with van der Waals surface area (Å²) in [6, 6.07) is -4.55. The molecule has 17 unspecified atom stereocenters. The molecule has 44 heteroatoms. The van der Waals surface area contributed by atoms with Gasteiger partial charge in [0.25, 0.3) is 0 Å². The van der Waals surface area contributed by atoms with Crippen molar-refractivity contribution in [2.24, 2.45) is 5.73 Å². The van der Waals surface area contributed by atoms with E-state index in [0.717, 1.165) is 62.3 Å². The lowest BCUT2D eigenvalue weighted by molar-refractivity contribution is -0.277. The standard InChI is InChI=1S/C79H129N11O33/c1-46(92)87-67-73(118-55(10)101)70(115-52(7)98)59(43-112-49(4)95)121-77(67)109-38-21-13-16-28-63(104)82-33-24-32-81-62(42-91)90(41-66(107)85-36-25-34-83-64(105)29-17-14-22-39-110-78-68(88-47(2)93)74(119-56(11)102)71(116-53(8)99)60(122-78)44-113-50(5)96)58(27-19-20-31-80)76(108)86-37-26-35-84-65(106)30-18-15-23-40-111-79-69(89-48(3)94)75(120-57(12)103)72(117-54(9)100)61(123-79)45-114-51(6)97/h42,58-62,67-75,77-79,81H,13-41,43-45,80H2,1-12H3,(H,82,104)(H,83,105)(H,84,106)(H,85,107)(H,86,108)(H,87,92)(H,88,93)(H,89,94). The van der Waals surface area contributed by atoms with E-state index >= 15 is 0 Å². The molecule has 3 rings (SSSR count). The number of carbonyl (C=O) groups is 18. The van der Waals surface area contributed by atoms with Crippen LogP contribution in [-0.4, -0.2) is 308 Å². The van der Waals surface area contributed by atoms with E-state index in [1.165, 1.54) is 25.7 Å². The molecule has 0 aromatic heterocycles. The van der Waals surface area contributed by atoms with Crippen molar-refractivity contribution in [2.45, 2.75) is 303 Å². The Labute approximate surface area is 715 Å². The zero-order chi connectivity index (χ0) is 91.5. The van der Waals surface area contributed by atoms with E-state index in [0.29, 0.717) is 83.3 Å². The van der Waals surface area contributed by atoms with Gasteiger partial charge in [0.05, 0.1) is 12.6 Å². The maximum absolute atomic E-state index is 14.4. The third-order valence-electron chi connectivity index (χ3n) is 18.7. The Morgan fingerprint density at radius 3 is 0.943 bits per heavy atom. The number of unbranched alkanes of at least 4 members (excludes halogenated alkanes) is 7. The van der Waals surface area contributed by atoms with Gasteiger partial charge in [-0.1, -0.05) is 25.7 Å². The molecule has 3 aliphatic rings. The van der Waals surface area contributed by atoms with Crippen LogP contribution in [0.5, 0.6) is 0 Å². The first-order valence-corrected chi connectivity index (χ1v) is 41.5. The molecule has 3 heterocycles. The van der Waals surface area contributed by atoms with Gasteiger partial charge in [0.15, 0.2) is 61.8 Å². The third kappa shape index (κ3) is 44.5. The summed E-state index contributed by atoms with van der Waals surface area (Å²) in [6.45, 7) is 13.3. The van der Waals surface area contributed by atoms with Crippen LogP contribution in [0.4, 0.5) is 0 Å². The van der Waals surface area contributed by atoms with Crippen molar-refractivity contribution in [1.29, 1.82) is 0 Å². The Hall–Kier alpha value is -9.70. The number of carbonyl (C=O) groups excluding carboxylic acids is 18. The summed E-state index contributed by atoms with van der Waals surface area (Å²) >= 11 is 0. The van der Waals surface area contributed by atoms with Crippen LogP contribution < -0.4 is 53.6 Å². The van der Waals surface area contributed by atoms with Crippen molar-refractivity contribution >= 4 is 107 Å². The van der Waals surface area contributed by atoms with Crippen molar-refractivity contribution in [3.63, 3.8) is 0 Å². The molecule has 8 amide bonds. The first kappa shape index (κ1) is 107. The van der Waals surface area contributed by atoms with Gasteiger partial charge in [-0.25, -0.2) is 0 Å². The molecule has 698 valence electrons. The number of nitrogens with two attached hydrogens (primary N) is 1. The number of nitrogens with zero attached hydrogens (tertiary/aromatic N) is 1. The van der Waals surface area contributed by atoms with E-state index in [9.17, 15) is 86.3 Å². The second kappa shape index (κ2) is 60.0. The Morgan fingerprint density at radius 1 is 0.350 bits per heavy atom. The fourth-order valence-electron chi connectivity index (χ4n) is 13.4. The smallest absolute Gasteiger partial charge is 0.303 e. The minimum atomic E-state index is -1.30. The predicted molar refractivity (Wildman–Crippen MR) is 425 cm³/mol. The number of esters is 9. The zero-order valence-electron chi connectivity index (χ0n) is 72.5. The summed E-state index contributed by atoms with van der Waals surface area (Å²) in [4.78, 5) is 227. The first-order chi connectivity index (χ1) is 58.4. The minimum Gasteiger partial charge on any atom is -0.463 e. The average molecular weight is 1760 g/mol. The molecule has 17 atom stereocenters. The largest absolute Gasteiger partial charge is 0.463 e. The van der Waals surface area contributed by atoms with E-state index in [4.69, 9.17) is 76.8 Å². The molecule has 0 aromatic carbocycles. The molecule has 3 saturated heterocycles. The molecule has 44 nitrogen and oxygen atoms in total. The van der Waals surface area contributed by atoms with Crippen molar-refractivity contribution in [2.75, 3.05) is 92.0 Å². The highest BCUT2D eigenvalue weighted by atomic mass is 16.7. The number of amides is 8. The van der Waals surface area contributed by atoms with Gasteiger partial charge < -0.3 is 124 Å². The first-order valence-electron chi connectivity index (χ1n) is 41.5. The highest BCUT2D eigenvalue weighted by Gasteiger charge is 2.54. The summed E-state index contributed by atoms with van der Waals surface area (Å²) in [5, 5.41) is 25.2. The minimum absolute atomic E-state index is 0.0346. The summed E-state index contributed by atoms with van der Waals surface area (Å²) in [6.07, 6.45) is -9.60. The van der Waals surface area contributed by atoms with E-state index in [-0.39, 0.29) is 122 Å². The fourth-order valence-corrected chi connectivity index (χ4v) is 13.4. The molecule has 3 fully saturated rings. The predicted octanol–water partition coefficient (Wildman–Crippen LogP) is -1.65. The molecular weight excluding hydrogens is 1630 g/mol. The van der Waals surface area contributed by atoms with Gasteiger partial charge in [-0.3, -0.25) is 91.7 Å². The Balaban J connectivity index is 1.65. The highest BCUT2D eigenvalue weighted by molar-refractivity contribution is 5.85. The maximum Gasteiger partial charge on any atom is 0.303 e. The summed E-state index contributed by atoms with van der Waals surface area (Å²) in [5.74, 6) is -10.2. The van der Waals surface area contributed by atoms with Crippen LogP contribution in [0.15, 0.2) is 0 Å². The van der Waals surface area contributed by atoms with Crippen LogP contribution in [0.1, 0.15) is 199 Å². The highest BCUT2D eigenvalue weighted by Crippen LogP contribution is 2.32. The second-order valence-electron chi connectivity index (χ2n) is 29.5. The molecule has 3 aliphatic heterocycles. The van der Waals surface area contributed by atoms with Gasteiger partial charge in [-0.05, 0) is 83.7 Å². The molecule has 0 aliphatic carbocycles. The van der Waals surface area contributed by atoms with Crippen LogP contribution in [-0.2, 0) is 157 Å². The lowest BCUT2D eigenvalue weighted by Gasteiger charge is -2.44. The lowest BCUT2D eigenvalue weighted by atomic mass is 9.96. The zero-order valence-corrected chi connectivity index (χ0v) is 72.5. The normalized spacial score (nSPS) is 22.6. The van der Waals surface area contributed by atoms with Crippen molar-refractivity contribution in [3.05, 3.63) is 0 Å². The van der Waals surface area contributed by atoms with Crippen LogP contribution >= 0.6 is 0 Å². The Kier molecular flexibility index (Phi) is 52.4. The summed E-state index contributed by atoms with van der Waals surface area (Å²) < 4.78 is 84.4. The second-order valence-corrected chi connectivity index (χ2v) is 29.5. The quantitative estimate of drug-likeness (QED) is 0.0107. The van der Waals surface area contributed by atoms with E-state index in [2.05, 4.69) is 47.9 Å². The maximum atomic E-state index is 14.4. The summed E-state index contributed by atoms with van der Waals surface area (Å²) in [5.41, 5.74) is 5.90. The van der Waals surface area contributed by atoms with Gasteiger partial charge in [0, 0.05) is 155 Å². The van der Waals surface area contributed by atoms with Crippen molar-refractivity contribution < 1.29 is 157 Å². The molecule has 123 heavy (non-hydrogen) atoms. The van der Waals surface area contributed by atoms with Gasteiger partial charge in [0.2, 0.25) is 47.3 Å². The van der Waals surface area contributed by atoms with Crippen LogP contribution in [0.2, 0.25) is 0 Å². The lowest BCUT2D eigenvalue weighted by Crippen LogP contribution is -2.66. The van der Waals surface area contributed by atoms with Crippen molar-refractivity contribution in [3.8, 4) is 0 Å². The van der Waals surface area contributed by atoms with Crippen molar-refractivity contribution in [1.82, 2.24) is 52.8 Å². The number of ether oxygens (including phenoxy) is 15. The Morgan fingerprint density at radius 2 is 0.650 bits per heavy atom.